The average molecular weight is 255 g/mol. The molecule has 0 atom stereocenters. The molecule has 0 bridgehead atoms. The van der Waals surface area contributed by atoms with Crippen LogP contribution in [0.3, 0.4) is 0 Å². The minimum atomic E-state index is 0.524. The molecule has 0 spiro atoms. The van der Waals surface area contributed by atoms with Crippen molar-refractivity contribution < 1.29 is 0 Å². The number of benzene rings is 1. The molecular formula is C14H17N5. The molecule has 19 heavy (non-hydrogen) atoms. The zero-order chi connectivity index (χ0) is 13.2. The van der Waals surface area contributed by atoms with Gasteiger partial charge in [0.05, 0.1) is 6.20 Å². The summed E-state index contributed by atoms with van der Waals surface area (Å²) in [4.78, 5) is 4.41. The van der Waals surface area contributed by atoms with Gasteiger partial charge in [-0.2, -0.15) is 10.1 Å². The molecule has 98 valence electrons. The third-order valence-electron chi connectivity index (χ3n) is 2.97. The minimum Gasteiger partial charge on any atom is -0.366 e. The Morgan fingerprint density at radius 3 is 2.53 bits per heavy atom. The lowest BCUT2D eigenvalue weighted by atomic mass is 10.1. The molecule has 1 fully saturated rings. The highest BCUT2D eigenvalue weighted by molar-refractivity contribution is 5.56. The highest BCUT2D eigenvalue weighted by Gasteiger charge is 2.21. The molecule has 3 rings (SSSR count). The predicted molar refractivity (Wildman–Crippen MR) is 75.7 cm³/mol. The van der Waals surface area contributed by atoms with Gasteiger partial charge in [-0.15, -0.1) is 5.10 Å². The molecule has 0 unspecified atom stereocenters. The highest BCUT2D eigenvalue weighted by Crippen LogP contribution is 2.24. The number of hydrogen-bond acceptors (Lipinski definition) is 5. The van der Waals surface area contributed by atoms with E-state index in [0.29, 0.717) is 12.0 Å². The standard InChI is InChI=1S/C14H17N5/c1-9-5-10(2)7-12(6-9)17-14-18-13(8-15-19-14)16-11-3-4-11/h5-8,11H,3-4H2,1-2H3,(H2,16,17,18,19). The van der Waals surface area contributed by atoms with Gasteiger partial charge in [0.25, 0.3) is 0 Å². The van der Waals surface area contributed by atoms with Gasteiger partial charge in [0.15, 0.2) is 5.82 Å². The van der Waals surface area contributed by atoms with Gasteiger partial charge in [-0.05, 0) is 49.9 Å². The van der Waals surface area contributed by atoms with Crippen LogP contribution in [0.15, 0.2) is 24.4 Å². The van der Waals surface area contributed by atoms with Crippen molar-refractivity contribution in [3.8, 4) is 0 Å². The smallest absolute Gasteiger partial charge is 0.249 e. The van der Waals surface area contributed by atoms with E-state index >= 15 is 0 Å². The fourth-order valence-electron chi connectivity index (χ4n) is 2.04. The van der Waals surface area contributed by atoms with E-state index in [0.717, 1.165) is 11.5 Å². The van der Waals surface area contributed by atoms with Gasteiger partial charge in [-0.25, -0.2) is 0 Å². The Morgan fingerprint density at radius 2 is 1.84 bits per heavy atom. The molecule has 1 saturated carbocycles. The van der Waals surface area contributed by atoms with E-state index in [1.165, 1.54) is 24.0 Å². The predicted octanol–water partition coefficient (Wildman–Crippen LogP) is 2.81. The van der Waals surface area contributed by atoms with Crippen molar-refractivity contribution in [2.45, 2.75) is 32.7 Å². The summed E-state index contributed by atoms with van der Waals surface area (Å²) in [7, 11) is 0. The molecule has 1 aromatic carbocycles. The molecule has 1 aliphatic rings. The number of rotatable bonds is 4. The first-order chi connectivity index (χ1) is 9.19. The molecule has 0 aliphatic heterocycles. The van der Waals surface area contributed by atoms with E-state index in [1.54, 1.807) is 6.20 Å². The number of aromatic nitrogens is 3. The molecule has 5 nitrogen and oxygen atoms in total. The maximum atomic E-state index is 4.41. The fourth-order valence-corrected chi connectivity index (χ4v) is 2.04. The topological polar surface area (TPSA) is 62.7 Å². The molecule has 2 aromatic rings. The van der Waals surface area contributed by atoms with Crippen LogP contribution in [-0.4, -0.2) is 21.2 Å². The lowest BCUT2D eigenvalue weighted by Gasteiger charge is -2.08. The number of aryl methyl sites for hydroxylation is 2. The van der Waals surface area contributed by atoms with E-state index in [2.05, 4.69) is 57.9 Å². The Bertz CT molecular complexity index is 572. The van der Waals surface area contributed by atoms with Crippen molar-refractivity contribution in [1.82, 2.24) is 15.2 Å². The molecule has 1 aliphatic carbocycles. The fraction of sp³-hybridized carbons (Fsp3) is 0.357. The third-order valence-corrected chi connectivity index (χ3v) is 2.97. The Hall–Kier alpha value is -2.17. The monoisotopic (exact) mass is 255 g/mol. The molecule has 1 heterocycles. The minimum absolute atomic E-state index is 0.524. The second-order valence-electron chi connectivity index (χ2n) is 5.09. The summed E-state index contributed by atoms with van der Waals surface area (Å²) in [6.45, 7) is 4.14. The number of nitrogens with zero attached hydrogens (tertiary/aromatic N) is 3. The van der Waals surface area contributed by atoms with Gasteiger partial charge in [0.1, 0.15) is 0 Å². The number of nitrogens with one attached hydrogen (secondary N) is 2. The second-order valence-corrected chi connectivity index (χ2v) is 5.09. The first kappa shape index (κ1) is 11.9. The Kier molecular flexibility index (Phi) is 3.03. The summed E-state index contributed by atoms with van der Waals surface area (Å²) in [5.41, 5.74) is 3.41. The van der Waals surface area contributed by atoms with Gasteiger partial charge in [-0.3, -0.25) is 0 Å². The van der Waals surface area contributed by atoms with E-state index in [1.807, 2.05) is 0 Å². The molecule has 0 amide bonds. The summed E-state index contributed by atoms with van der Waals surface area (Å²) in [6.07, 6.45) is 4.08. The van der Waals surface area contributed by atoms with Crippen LogP contribution >= 0.6 is 0 Å². The van der Waals surface area contributed by atoms with E-state index in [-0.39, 0.29) is 0 Å². The van der Waals surface area contributed by atoms with Gasteiger partial charge < -0.3 is 10.6 Å². The van der Waals surface area contributed by atoms with Crippen LogP contribution < -0.4 is 10.6 Å². The Balaban J connectivity index is 1.77. The van der Waals surface area contributed by atoms with Crippen LogP contribution in [0.5, 0.6) is 0 Å². The first-order valence-electron chi connectivity index (χ1n) is 6.50. The maximum absolute atomic E-state index is 4.41. The summed E-state index contributed by atoms with van der Waals surface area (Å²) in [5, 5.41) is 14.5. The second kappa shape index (κ2) is 4.84. The van der Waals surface area contributed by atoms with Crippen LogP contribution in [0.1, 0.15) is 24.0 Å². The first-order valence-corrected chi connectivity index (χ1v) is 6.50. The molecular weight excluding hydrogens is 238 g/mol. The van der Waals surface area contributed by atoms with E-state index in [9.17, 15) is 0 Å². The van der Waals surface area contributed by atoms with Crippen molar-refractivity contribution in [3.63, 3.8) is 0 Å². The van der Waals surface area contributed by atoms with Crippen LogP contribution in [0.2, 0.25) is 0 Å². The van der Waals surface area contributed by atoms with Crippen LogP contribution in [-0.2, 0) is 0 Å². The normalized spacial score (nSPS) is 14.2. The Morgan fingerprint density at radius 1 is 1.11 bits per heavy atom. The van der Waals surface area contributed by atoms with Crippen molar-refractivity contribution in [1.29, 1.82) is 0 Å². The molecule has 5 heteroatoms. The Labute approximate surface area is 112 Å². The zero-order valence-corrected chi connectivity index (χ0v) is 11.1. The van der Waals surface area contributed by atoms with Gasteiger partial charge in [-0.1, -0.05) is 6.07 Å². The van der Waals surface area contributed by atoms with Crippen LogP contribution in [0, 0.1) is 13.8 Å². The number of anilines is 3. The van der Waals surface area contributed by atoms with Gasteiger partial charge in [0.2, 0.25) is 5.95 Å². The summed E-state index contributed by atoms with van der Waals surface area (Å²) in [5.74, 6) is 1.31. The maximum Gasteiger partial charge on any atom is 0.249 e. The van der Waals surface area contributed by atoms with E-state index in [4.69, 9.17) is 0 Å². The van der Waals surface area contributed by atoms with Crippen molar-refractivity contribution in [2.75, 3.05) is 10.6 Å². The summed E-state index contributed by atoms with van der Waals surface area (Å²) < 4.78 is 0. The average Bonchev–Trinajstić information content (AvgIpc) is 3.12. The lowest BCUT2D eigenvalue weighted by Crippen LogP contribution is -2.06. The van der Waals surface area contributed by atoms with Crippen LogP contribution in [0.4, 0.5) is 17.5 Å². The summed E-state index contributed by atoms with van der Waals surface area (Å²) in [6, 6.07) is 6.83. The molecule has 0 saturated heterocycles. The lowest BCUT2D eigenvalue weighted by molar-refractivity contribution is 0.965. The van der Waals surface area contributed by atoms with Crippen molar-refractivity contribution in [2.24, 2.45) is 0 Å². The molecule has 1 aromatic heterocycles. The van der Waals surface area contributed by atoms with Crippen molar-refractivity contribution in [3.05, 3.63) is 35.5 Å². The van der Waals surface area contributed by atoms with Crippen molar-refractivity contribution >= 4 is 17.5 Å². The van der Waals surface area contributed by atoms with Gasteiger partial charge >= 0.3 is 0 Å². The largest absolute Gasteiger partial charge is 0.366 e. The quantitative estimate of drug-likeness (QED) is 0.879. The summed E-state index contributed by atoms with van der Waals surface area (Å²) >= 11 is 0. The SMILES string of the molecule is Cc1cc(C)cc(Nc2nncc(NC3CC3)n2)c1. The highest BCUT2D eigenvalue weighted by atomic mass is 15.3. The molecule has 0 radical (unpaired) electrons. The third kappa shape index (κ3) is 3.19. The number of hydrogen-bond donors (Lipinski definition) is 2. The zero-order valence-electron chi connectivity index (χ0n) is 11.1. The van der Waals surface area contributed by atoms with Gasteiger partial charge in [0, 0.05) is 11.7 Å². The van der Waals surface area contributed by atoms with Crippen LogP contribution in [0.25, 0.3) is 0 Å². The van der Waals surface area contributed by atoms with E-state index < -0.39 is 0 Å². The molecule has 2 N–H and O–H groups in total.